The van der Waals surface area contributed by atoms with E-state index in [0.717, 1.165) is 66.8 Å². The van der Waals surface area contributed by atoms with E-state index in [1.165, 1.54) is 0 Å². The van der Waals surface area contributed by atoms with E-state index in [1.54, 1.807) is 85.3 Å². The number of benzene rings is 7. The van der Waals surface area contributed by atoms with E-state index >= 15 is 0 Å². The van der Waals surface area contributed by atoms with Crippen molar-refractivity contribution >= 4 is 34.3 Å². The van der Waals surface area contributed by atoms with Crippen LogP contribution in [0.5, 0.6) is 69.0 Å². The molecule has 1 aliphatic rings. The van der Waals surface area contributed by atoms with Gasteiger partial charge >= 0.3 is 0 Å². The number of hydrogen-bond donors (Lipinski definition) is 0. The van der Waals surface area contributed by atoms with E-state index in [0.29, 0.717) is 85.5 Å². The Morgan fingerprint density at radius 2 is 0.676 bits per heavy atom. The summed E-state index contributed by atoms with van der Waals surface area (Å²) in [4.78, 5) is 0. The van der Waals surface area contributed by atoms with Gasteiger partial charge in [0, 0.05) is 21.0 Å². The molecule has 0 heterocycles. The van der Waals surface area contributed by atoms with Gasteiger partial charge in [-0.1, -0.05) is 71.8 Å². The zero-order chi connectivity index (χ0) is 52.8. The van der Waals surface area contributed by atoms with Gasteiger partial charge < -0.3 is 56.8 Å². The monoisotopic (exact) mass is 1040 g/mol. The summed E-state index contributed by atoms with van der Waals surface area (Å²) in [5.74, 6) is 5.46. The van der Waals surface area contributed by atoms with Gasteiger partial charge in [0.2, 0.25) is 23.0 Å². The highest BCUT2D eigenvalue weighted by Gasteiger charge is 2.41. The lowest BCUT2D eigenvalue weighted by Crippen LogP contribution is -2.29. The van der Waals surface area contributed by atoms with Crippen LogP contribution in [0.4, 0.5) is 0 Å². The van der Waals surface area contributed by atoms with Crippen LogP contribution in [0.3, 0.4) is 0 Å². The Kier molecular flexibility index (Phi) is 16.0. The second-order valence-corrected chi connectivity index (χ2v) is 17.7. The molecule has 384 valence electrons. The predicted molar refractivity (Wildman–Crippen MR) is 292 cm³/mol. The van der Waals surface area contributed by atoms with Crippen LogP contribution in [-0.4, -0.2) is 85.3 Å². The first-order valence-corrected chi connectivity index (χ1v) is 24.0. The molecule has 1 atom stereocenters. The minimum atomic E-state index is -1.07. The largest absolute Gasteiger partial charge is 0.493 e. The summed E-state index contributed by atoms with van der Waals surface area (Å²) in [5, 5.41) is 1.06. The summed E-state index contributed by atoms with van der Waals surface area (Å²) in [7, 11) is 19.0. The zero-order valence-corrected chi connectivity index (χ0v) is 44.9. The van der Waals surface area contributed by atoms with Gasteiger partial charge in [-0.25, -0.2) is 0 Å². The average molecular weight is 1040 g/mol. The fraction of sp³-hybridized carbons (Fsp3) is 0.233. The van der Waals surface area contributed by atoms with Gasteiger partial charge in [0.25, 0.3) is 0 Å². The molecule has 0 spiro atoms. The molecule has 12 nitrogen and oxygen atoms in total. The SMILES string of the molecule is COc1cc(C2=CCC(c3ccccc3Cl)(c3cc(-c4cc(OC)c(OC)c(OC)c4)c(-c4cc(OC)c(OC)c(OC)c4)cc3-c3ccccc3Cl)C=C2c2cc(OC)c(OC)c(OC)c2)cc(OC)c1OC. The van der Waals surface area contributed by atoms with Crippen LogP contribution in [0.15, 0.2) is 121 Å². The number of hydrogen-bond acceptors (Lipinski definition) is 12. The quantitative estimate of drug-likeness (QED) is 0.0769. The van der Waals surface area contributed by atoms with E-state index in [2.05, 4.69) is 30.4 Å². The van der Waals surface area contributed by atoms with E-state index in [9.17, 15) is 0 Å². The van der Waals surface area contributed by atoms with Crippen LogP contribution in [-0.2, 0) is 5.41 Å². The van der Waals surface area contributed by atoms with Crippen molar-refractivity contribution in [2.75, 3.05) is 85.3 Å². The van der Waals surface area contributed by atoms with Crippen molar-refractivity contribution in [3.63, 3.8) is 0 Å². The molecule has 14 heteroatoms. The molecule has 1 aliphatic carbocycles. The molecular formula is C60H58Cl2O12. The fourth-order valence-electron chi connectivity index (χ4n) is 9.91. The van der Waals surface area contributed by atoms with Crippen molar-refractivity contribution in [1.82, 2.24) is 0 Å². The molecule has 0 aliphatic heterocycles. The van der Waals surface area contributed by atoms with Crippen molar-refractivity contribution < 1.29 is 56.8 Å². The summed E-state index contributed by atoms with van der Waals surface area (Å²) in [6.07, 6.45) is 4.86. The number of methoxy groups -OCH3 is 12. The van der Waals surface area contributed by atoms with Gasteiger partial charge in [0.05, 0.1) is 85.3 Å². The molecule has 0 amide bonds. The zero-order valence-electron chi connectivity index (χ0n) is 43.4. The molecule has 0 bridgehead atoms. The van der Waals surface area contributed by atoms with E-state index < -0.39 is 5.41 Å². The van der Waals surface area contributed by atoms with Gasteiger partial charge in [-0.15, -0.1) is 0 Å². The van der Waals surface area contributed by atoms with Crippen molar-refractivity contribution in [2.24, 2.45) is 0 Å². The Balaban J connectivity index is 1.60. The lowest BCUT2D eigenvalue weighted by molar-refractivity contribution is 0.324. The highest BCUT2D eigenvalue weighted by atomic mass is 35.5. The van der Waals surface area contributed by atoms with E-state index in [1.807, 2.05) is 91.0 Å². The van der Waals surface area contributed by atoms with Gasteiger partial charge in [0.1, 0.15) is 0 Å². The van der Waals surface area contributed by atoms with Crippen LogP contribution in [0, 0.1) is 0 Å². The van der Waals surface area contributed by atoms with Crippen LogP contribution in [0.25, 0.3) is 44.5 Å². The molecule has 0 N–H and O–H groups in total. The van der Waals surface area contributed by atoms with Crippen molar-refractivity contribution in [2.45, 2.75) is 11.8 Å². The molecule has 0 fully saturated rings. The lowest BCUT2D eigenvalue weighted by atomic mass is 9.64. The Hall–Kier alpha value is -7.80. The third-order valence-electron chi connectivity index (χ3n) is 13.4. The minimum absolute atomic E-state index is 0.381. The third kappa shape index (κ3) is 9.40. The van der Waals surface area contributed by atoms with Crippen molar-refractivity contribution in [3.05, 3.63) is 154 Å². The molecule has 0 aromatic heterocycles. The second-order valence-electron chi connectivity index (χ2n) is 16.9. The summed E-state index contributed by atoms with van der Waals surface area (Å²) >= 11 is 14.9. The standard InChI is InChI=1S/C60H58Cl2O12/c1-63-48-23-34(24-49(64-2)56(48)71-9)38-21-22-60(44-18-14-16-20-47(44)62,33-43(38)37-29-54(69-7)59(74-12)55(30-37)70-8)45-32-41(36-27-52(67-5)58(73-11)53(28-36)68-6)40(31-42(45)39-17-13-15-19-46(39)61)35-25-50(65-3)57(72-10)51(26-35)66-4/h13-21,23-33H,22H2,1-12H3. The Labute approximate surface area is 442 Å². The summed E-state index contributed by atoms with van der Waals surface area (Å²) in [6, 6.07) is 35.5. The first-order valence-electron chi connectivity index (χ1n) is 23.3. The molecular weight excluding hydrogens is 984 g/mol. The number of ether oxygens (including phenoxy) is 12. The van der Waals surface area contributed by atoms with E-state index in [-0.39, 0.29) is 0 Å². The molecule has 74 heavy (non-hydrogen) atoms. The normalized spacial score (nSPS) is 14.0. The summed E-state index contributed by atoms with van der Waals surface area (Å²) in [5.41, 5.74) is 8.38. The van der Waals surface area contributed by atoms with Crippen molar-refractivity contribution in [3.8, 4) is 102 Å². The number of halogens is 2. The van der Waals surface area contributed by atoms with Gasteiger partial charge in [-0.05, 0) is 140 Å². The van der Waals surface area contributed by atoms with E-state index in [4.69, 9.17) is 80.0 Å². The Morgan fingerprint density at radius 3 is 1.05 bits per heavy atom. The summed E-state index contributed by atoms with van der Waals surface area (Å²) in [6.45, 7) is 0. The second kappa shape index (κ2) is 22.5. The molecule has 1 unspecified atom stereocenters. The smallest absolute Gasteiger partial charge is 0.203 e. The number of allylic oxidation sites excluding steroid dienone is 4. The maximum absolute atomic E-state index is 7.55. The first kappa shape index (κ1) is 52.5. The van der Waals surface area contributed by atoms with Gasteiger partial charge in [-0.3, -0.25) is 0 Å². The predicted octanol–water partition coefficient (Wildman–Crippen LogP) is 14.0. The third-order valence-corrected chi connectivity index (χ3v) is 14.0. The van der Waals surface area contributed by atoms with Crippen LogP contribution >= 0.6 is 23.2 Å². The molecule has 0 radical (unpaired) electrons. The van der Waals surface area contributed by atoms with Gasteiger partial charge in [-0.2, -0.15) is 0 Å². The number of rotatable bonds is 19. The molecule has 0 saturated carbocycles. The first-order chi connectivity index (χ1) is 35.9. The molecule has 0 saturated heterocycles. The summed E-state index contributed by atoms with van der Waals surface area (Å²) < 4.78 is 71.1. The average Bonchev–Trinajstić information content (AvgIpc) is 3.45. The fourth-order valence-corrected chi connectivity index (χ4v) is 10.4. The lowest BCUT2D eigenvalue weighted by Gasteiger charge is -2.39. The maximum atomic E-state index is 7.55. The van der Waals surface area contributed by atoms with Crippen LogP contribution in [0.1, 0.15) is 28.7 Å². The Morgan fingerprint density at radius 1 is 0.324 bits per heavy atom. The topological polar surface area (TPSA) is 111 Å². The Bertz CT molecular complexity index is 3190. The molecule has 7 aromatic rings. The highest BCUT2D eigenvalue weighted by molar-refractivity contribution is 6.33. The van der Waals surface area contributed by atoms with Crippen molar-refractivity contribution in [1.29, 1.82) is 0 Å². The van der Waals surface area contributed by atoms with Crippen LogP contribution < -0.4 is 56.8 Å². The molecule has 7 aromatic carbocycles. The highest BCUT2D eigenvalue weighted by Crippen LogP contribution is 2.57. The molecule has 8 rings (SSSR count). The minimum Gasteiger partial charge on any atom is -0.493 e. The van der Waals surface area contributed by atoms with Gasteiger partial charge in [0.15, 0.2) is 46.0 Å². The maximum Gasteiger partial charge on any atom is 0.203 e. The van der Waals surface area contributed by atoms with Crippen LogP contribution in [0.2, 0.25) is 10.0 Å².